The predicted molar refractivity (Wildman–Crippen MR) is 82.1 cm³/mol. The van der Waals surface area contributed by atoms with Gasteiger partial charge in [-0.25, -0.2) is 0 Å². The first kappa shape index (κ1) is 15.3. The van der Waals surface area contributed by atoms with E-state index >= 15 is 0 Å². The number of hydrogen-bond acceptors (Lipinski definition) is 2. The molecule has 1 N–H and O–H groups in total. The van der Waals surface area contributed by atoms with Gasteiger partial charge in [-0.1, -0.05) is 34.5 Å². The van der Waals surface area contributed by atoms with Crippen LogP contribution in [0.5, 0.6) is 5.75 Å². The third-order valence-corrected chi connectivity index (χ3v) is 3.45. The Hall–Kier alpha value is -0.800. The number of ether oxygens (including phenoxy) is 1. The topological polar surface area (TPSA) is 21.3 Å². The Morgan fingerprint density at radius 1 is 1.50 bits per heavy atom. The Kier molecular flexibility index (Phi) is 6.44. The van der Waals surface area contributed by atoms with Gasteiger partial charge in [-0.2, -0.15) is 0 Å². The first-order chi connectivity index (χ1) is 8.58. The van der Waals surface area contributed by atoms with Gasteiger partial charge in [0.15, 0.2) is 0 Å². The van der Waals surface area contributed by atoms with Crippen molar-refractivity contribution in [2.24, 2.45) is 0 Å². The zero-order chi connectivity index (χ0) is 13.5. The Morgan fingerprint density at radius 3 is 2.83 bits per heavy atom. The molecule has 2 nitrogen and oxygen atoms in total. The third-order valence-electron chi connectivity index (χ3n) is 2.96. The van der Waals surface area contributed by atoms with Crippen molar-refractivity contribution in [3.63, 3.8) is 0 Å². The minimum Gasteiger partial charge on any atom is -0.496 e. The summed E-state index contributed by atoms with van der Waals surface area (Å²) in [7, 11) is 1.70. The lowest BCUT2D eigenvalue weighted by Gasteiger charge is -2.15. The van der Waals surface area contributed by atoms with Gasteiger partial charge in [-0.15, -0.1) is 0 Å². The molecule has 1 aromatic carbocycles. The van der Waals surface area contributed by atoms with Gasteiger partial charge in [0, 0.05) is 16.1 Å². The summed E-state index contributed by atoms with van der Waals surface area (Å²) in [5.41, 5.74) is 2.41. The molecule has 0 saturated heterocycles. The highest BCUT2D eigenvalue weighted by Gasteiger charge is 2.06. The molecule has 1 atom stereocenters. The lowest BCUT2D eigenvalue weighted by atomic mass is 10.1. The minimum absolute atomic E-state index is 0.383. The van der Waals surface area contributed by atoms with Crippen molar-refractivity contribution in [2.75, 3.05) is 13.7 Å². The van der Waals surface area contributed by atoms with E-state index in [1.54, 1.807) is 7.11 Å². The Balaban J connectivity index is 2.89. The Morgan fingerprint density at radius 2 is 2.22 bits per heavy atom. The van der Waals surface area contributed by atoms with Gasteiger partial charge < -0.3 is 10.1 Å². The molecule has 0 aromatic heterocycles. The quantitative estimate of drug-likeness (QED) is 0.848. The lowest BCUT2D eigenvalue weighted by Crippen LogP contribution is -2.27. The fourth-order valence-electron chi connectivity index (χ4n) is 1.71. The molecule has 0 saturated carbocycles. The van der Waals surface area contributed by atoms with Crippen LogP contribution in [-0.4, -0.2) is 19.7 Å². The van der Waals surface area contributed by atoms with Gasteiger partial charge in [0.25, 0.3) is 0 Å². The molecular weight excluding hydrogens is 290 g/mol. The van der Waals surface area contributed by atoms with Crippen LogP contribution in [0.2, 0.25) is 0 Å². The van der Waals surface area contributed by atoms with Gasteiger partial charge >= 0.3 is 0 Å². The third kappa shape index (κ3) is 4.46. The van der Waals surface area contributed by atoms with Gasteiger partial charge in [-0.3, -0.25) is 0 Å². The van der Waals surface area contributed by atoms with Crippen LogP contribution in [0.4, 0.5) is 0 Å². The molecule has 0 spiro atoms. The van der Waals surface area contributed by atoms with E-state index in [4.69, 9.17) is 4.74 Å². The van der Waals surface area contributed by atoms with E-state index in [1.165, 1.54) is 5.57 Å². The molecule has 0 amide bonds. The second-order valence-electron chi connectivity index (χ2n) is 4.45. The molecular formula is C15H22BrNO. The second-order valence-corrected chi connectivity index (χ2v) is 5.37. The summed E-state index contributed by atoms with van der Waals surface area (Å²) in [6.45, 7) is 7.55. The average Bonchev–Trinajstić information content (AvgIpc) is 2.36. The summed E-state index contributed by atoms with van der Waals surface area (Å²) >= 11 is 3.49. The van der Waals surface area contributed by atoms with Gasteiger partial charge in [0.2, 0.25) is 0 Å². The van der Waals surface area contributed by atoms with Crippen LogP contribution in [-0.2, 0) is 0 Å². The zero-order valence-corrected chi connectivity index (χ0v) is 13.2. The van der Waals surface area contributed by atoms with Crippen LogP contribution >= 0.6 is 15.9 Å². The first-order valence-corrected chi connectivity index (χ1v) is 7.13. The summed E-state index contributed by atoms with van der Waals surface area (Å²) in [6, 6.07) is 6.43. The summed E-state index contributed by atoms with van der Waals surface area (Å²) in [5, 5.41) is 3.48. The molecule has 0 aliphatic heterocycles. The molecule has 3 heteroatoms. The largest absolute Gasteiger partial charge is 0.496 e. The number of nitrogens with one attached hydrogen (secondary N) is 1. The lowest BCUT2D eigenvalue weighted by molar-refractivity contribution is 0.413. The molecule has 1 rings (SSSR count). The molecule has 0 radical (unpaired) electrons. The van der Waals surface area contributed by atoms with E-state index in [1.807, 2.05) is 12.1 Å². The maximum absolute atomic E-state index is 5.38. The van der Waals surface area contributed by atoms with Crippen LogP contribution in [0.1, 0.15) is 32.8 Å². The number of benzene rings is 1. The van der Waals surface area contributed by atoms with E-state index in [2.05, 4.69) is 54.2 Å². The van der Waals surface area contributed by atoms with Crippen molar-refractivity contribution < 1.29 is 4.74 Å². The summed E-state index contributed by atoms with van der Waals surface area (Å²) in [6.07, 6.45) is 3.33. The number of rotatable bonds is 6. The van der Waals surface area contributed by atoms with Gasteiger partial charge in [-0.05, 0) is 45.0 Å². The molecule has 0 aliphatic carbocycles. The normalized spacial score (nSPS) is 13.5. The van der Waals surface area contributed by atoms with Crippen molar-refractivity contribution in [3.8, 4) is 5.75 Å². The fourth-order valence-corrected chi connectivity index (χ4v) is 2.09. The molecule has 1 aromatic rings. The highest BCUT2D eigenvalue weighted by atomic mass is 79.9. The number of hydrogen-bond donors (Lipinski definition) is 1. The molecule has 0 bridgehead atoms. The minimum atomic E-state index is 0.383. The maximum atomic E-state index is 5.38. The monoisotopic (exact) mass is 311 g/mol. The average molecular weight is 312 g/mol. The highest BCUT2D eigenvalue weighted by molar-refractivity contribution is 9.10. The SMILES string of the molecule is CCCNC(C)/C(C)=C/c1cc(Br)ccc1OC. The van der Waals surface area contributed by atoms with Crippen LogP contribution in [0.3, 0.4) is 0 Å². The van der Waals surface area contributed by atoms with Crippen LogP contribution in [0, 0.1) is 0 Å². The highest BCUT2D eigenvalue weighted by Crippen LogP contribution is 2.25. The smallest absolute Gasteiger partial charge is 0.126 e. The van der Waals surface area contributed by atoms with Crippen molar-refractivity contribution in [1.29, 1.82) is 0 Å². The summed E-state index contributed by atoms with van der Waals surface area (Å²) in [4.78, 5) is 0. The van der Waals surface area contributed by atoms with Crippen LogP contribution in [0.15, 0.2) is 28.2 Å². The standard InChI is InChI=1S/C15H22BrNO/c1-5-8-17-12(3)11(2)9-13-10-14(16)6-7-15(13)18-4/h6-7,9-10,12,17H,5,8H2,1-4H3/b11-9+. The Labute approximate surface area is 119 Å². The van der Waals surface area contributed by atoms with Crippen LogP contribution in [0.25, 0.3) is 6.08 Å². The van der Waals surface area contributed by atoms with Crippen molar-refractivity contribution >= 4 is 22.0 Å². The van der Waals surface area contributed by atoms with Gasteiger partial charge in [0.1, 0.15) is 5.75 Å². The number of halogens is 1. The molecule has 1 unspecified atom stereocenters. The molecule has 0 aliphatic rings. The fraction of sp³-hybridized carbons (Fsp3) is 0.467. The second kappa shape index (κ2) is 7.59. The predicted octanol–water partition coefficient (Wildman–Crippen LogP) is 4.25. The zero-order valence-electron chi connectivity index (χ0n) is 11.6. The van der Waals surface area contributed by atoms with E-state index in [9.17, 15) is 0 Å². The van der Waals surface area contributed by atoms with E-state index in [0.717, 1.165) is 28.8 Å². The van der Waals surface area contributed by atoms with E-state index in [0.29, 0.717) is 6.04 Å². The summed E-state index contributed by atoms with van der Waals surface area (Å²) < 4.78 is 6.44. The van der Waals surface area contributed by atoms with Gasteiger partial charge in [0.05, 0.1) is 7.11 Å². The van der Waals surface area contributed by atoms with E-state index < -0.39 is 0 Å². The molecule has 0 fully saturated rings. The van der Waals surface area contributed by atoms with Crippen molar-refractivity contribution in [2.45, 2.75) is 33.2 Å². The Bertz CT molecular complexity index is 415. The summed E-state index contributed by atoms with van der Waals surface area (Å²) in [5.74, 6) is 0.903. The molecule has 100 valence electrons. The maximum Gasteiger partial charge on any atom is 0.126 e. The van der Waals surface area contributed by atoms with Crippen molar-refractivity contribution in [3.05, 3.63) is 33.8 Å². The van der Waals surface area contributed by atoms with Crippen molar-refractivity contribution in [1.82, 2.24) is 5.32 Å². The molecule has 18 heavy (non-hydrogen) atoms. The van der Waals surface area contributed by atoms with E-state index in [-0.39, 0.29) is 0 Å². The first-order valence-electron chi connectivity index (χ1n) is 6.33. The molecule has 0 heterocycles. The van der Waals surface area contributed by atoms with Crippen LogP contribution < -0.4 is 10.1 Å². The number of methoxy groups -OCH3 is 1.